The number of ketones is 1. The molecule has 2 N–H and O–H groups in total. The van der Waals surface area contributed by atoms with Crippen LogP contribution in [0.1, 0.15) is 73.6 Å². The topological polar surface area (TPSA) is 90.4 Å². The smallest absolute Gasteiger partial charge is 0.289 e. The predicted molar refractivity (Wildman–Crippen MR) is 173 cm³/mol. The van der Waals surface area contributed by atoms with Crippen LogP contribution in [0.5, 0.6) is 5.75 Å². The van der Waals surface area contributed by atoms with Crippen molar-refractivity contribution in [3.63, 3.8) is 0 Å². The van der Waals surface area contributed by atoms with E-state index in [0.717, 1.165) is 44.9 Å². The van der Waals surface area contributed by atoms with E-state index in [1.165, 1.54) is 57.3 Å². The van der Waals surface area contributed by atoms with Gasteiger partial charge in [0, 0.05) is 17.0 Å². The molecule has 43 heavy (non-hydrogen) atoms. The SMILES string of the molecule is Cc1nn(C(C)C)c2ccc(-c3ccc(C(=O)C(N)=O)cc3)cc12.Clc1cc(CCCN2CCCC2)ccc1OC1CC1. The van der Waals surface area contributed by atoms with Crippen molar-refractivity contribution in [3.05, 3.63) is 82.5 Å². The third-order valence-corrected chi connectivity index (χ3v) is 8.33. The zero-order valence-electron chi connectivity index (χ0n) is 25.3. The van der Waals surface area contributed by atoms with Crippen molar-refractivity contribution in [1.82, 2.24) is 14.7 Å². The number of ether oxygens (including phenoxy) is 1. The minimum atomic E-state index is -0.944. The van der Waals surface area contributed by atoms with Gasteiger partial charge in [-0.3, -0.25) is 14.3 Å². The van der Waals surface area contributed by atoms with E-state index in [2.05, 4.69) is 48.1 Å². The van der Waals surface area contributed by atoms with Gasteiger partial charge in [-0.2, -0.15) is 5.10 Å². The van der Waals surface area contributed by atoms with Gasteiger partial charge in [0.05, 0.1) is 22.3 Å². The van der Waals surface area contributed by atoms with E-state index in [1.807, 2.05) is 35.9 Å². The molecule has 2 aliphatic rings. The van der Waals surface area contributed by atoms with Crippen LogP contribution in [-0.4, -0.2) is 52.1 Å². The number of Topliss-reactive ketones (excluding diaryl/α,β-unsaturated/α-hetero) is 1. The molecule has 0 bridgehead atoms. The van der Waals surface area contributed by atoms with Crippen LogP contribution in [0.3, 0.4) is 0 Å². The second-order valence-corrected chi connectivity index (χ2v) is 12.3. The number of primary amides is 1. The lowest BCUT2D eigenvalue weighted by Gasteiger charge is -2.14. The van der Waals surface area contributed by atoms with Crippen molar-refractivity contribution in [2.75, 3.05) is 19.6 Å². The maximum Gasteiger partial charge on any atom is 0.289 e. The molecule has 1 aromatic heterocycles. The fourth-order valence-corrected chi connectivity index (χ4v) is 5.75. The van der Waals surface area contributed by atoms with Gasteiger partial charge in [-0.15, -0.1) is 0 Å². The number of halogens is 1. The van der Waals surface area contributed by atoms with Crippen LogP contribution in [0.4, 0.5) is 0 Å². The number of hydrogen-bond acceptors (Lipinski definition) is 5. The van der Waals surface area contributed by atoms with Gasteiger partial charge in [-0.25, -0.2) is 0 Å². The quantitative estimate of drug-likeness (QED) is 0.154. The highest BCUT2D eigenvalue weighted by atomic mass is 35.5. The number of aryl methyl sites for hydroxylation is 2. The molecule has 0 unspecified atom stereocenters. The maximum atomic E-state index is 11.6. The van der Waals surface area contributed by atoms with Gasteiger partial charge in [-0.05, 0) is 120 Å². The van der Waals surface area contributed by atoms with Gasteiger partial charge in [0.2, 0.25) is 5.78 Å². The number of carbonyl (C=O) groups excluding carboxylic acids is 2. The highest BCUT2D eigenvalue weighted by Crippen LogP contribution is 2.33. The van der Waals surface area contributed by atoms with Crippen LogP contribution in [0.25, 0.3) is 22.0 Å². The first kappa shape index (κ1) is 30.8. The molecule has 1 aliphatic heterocycles. The monoisotopic (exact) mass is 600 g/mol. The molecular weight excluding hydrogens is 560 g/mol. The Morgan fingerprint density at radius 2 is 1.70 bits per heavy atom. The molecule has 0 spiro atoms. The number of carbonyl (C=O) groups is 2. The summed E-state index contributed by atoms with van der Waals surface area (Å²) in [5.74, 6) is -0.764. The summed E-state index contributed by atoms with van der Waals surface area (Å²) in [6.07, 6.45) is 7.84. The lowest BCUT2D eigenvalue weighted by atomic mass is 10.0. The molecule has 0 atom stereocenters. The van der Waals surface area contributed by atoms with Gasteiger partial charge in [0.25, 0.3) is 5.91 Å². The standard InChI is InChI=1S/C19H19N3O2.C16H22ClNO/c1-11(2)22-17-9-8-15(10-16(17)12(3)21-22)13-4-6-14(7-5-13)18(23)19(20)24;17-15-12-13(4-3-11-18-9-1-2-10-18)5-8-16(15)19-14-6-7-14/h4-11H,1-3H3,(H2,20,24);5,8,12,14H,1-4,6-7,9-11H2. The lowest BCUT2D eigenvalue weighted by Crippen LogP contribution is -2.22. The van der Waals surface area contributed by atoms with Crippen molar-refractivity contribution in [3.8, 4) is 16.9 Å². The number of fused-ring (bicyclic) bond motifs is 1. The van der Waals surface area contributed by atoms with Crippen molar-refractivity contribution < 1.29 is 14.3 Å². The Labute approximate surface area is 259 Å². The molecule has 1 saturated carbocycles. The molecule has 226 valence electrons. The number of hydrogen-bond donors (Lipinski definition) is 1. The van der Waals surface area contributed by atoms with Crippen LogP contribution >= 0.6 is 11.6 Å². The van der Waals surface area contributed by atoms with Gasteiger partial charge >= 0.3 is 0 Å². The summed E-state index contributed by atoms with van der Waals surface area (Å²) in [5, 5.41) is 6.48. The number of rotatable bonds is 10. The van der Waals surface area contributed by atoms with E-state index in [0.29, 0.717) is 17.7 Å². The van der Waals surface area contributed by atoms with E-state index in [-0.39, 0.29) is 0 Å². The minimum absolute atomic E-state index is 0.297. The predicted octanol–water partition coefficient (Wildman–Crippen LogP) is 7.17. The van der Waals surface area contributed by atoms with E-state index in [9.17, 15) is 9.59 Å². The summed E-state index contributed by atoms with van der Waals surface area (Å²) < 4.78 is 7.77. The Morgan fingerprint density at radius 3 is 2.33 bits per heavy atom. The second kappa shape index (κ2) is 13.7. The normalized spacial score (nSPS) is 15.0. The highest BCUT2D eigenvalue weighted by Gasteiger charge is 2.24. The Hall–Kier alpha value is -3.68. The largest absolute Gasteiger partial charge is 0.489 e. The van der Waals surface area contributed by atoms with E-state index in [4.69, 9.17) is 22.1 Å². The second-order valence-electron chi connectivity index (χ2n) is 11.9. The Bertz CT molecular complexity index is 1580. The van der Waals surface area contributed by atoms with Gasteiger partial charge in [0.1, 0.15) is 5.75 Å². The minimum Gasteiger partial charge on any atom is -0.489 e. The Morgan fingerprint density at radius 1 is 1.00 bits per heavy atom. The molecule has 1 saturated heterocycles. The van der Waals surface area contributed by atoms with Crippen molar-refractivity contribution in [2.24, 2.45) is 5.73 Å². The molecule has 2 fully saturated rings. The molecule has 4 aromatic rings. The summed E-state index contributed by atoms with van der Waals surface area (Å²) in [7, 11) is 0. The summed E-state index contributed by atoms with van der Waals surface area (Å²) in [6, 6.07) is 19.6. The number of nitrogens with zero attached hydrogens (tertiary/aromatic N) is 3. The summed E-state index contributed by atoms with van der Waals surface area (Å²) in [5.41, 5.74) is 10.7. The highest BCUT2D eigenvalue weighted by molar-refractivity contribution is 6.42. The summed E-state index contributed by atoms with van der Waals surface area (Å²) in [6.45, 7) is 10.0. The first-order valence-corrected chi connectivity index (χ1v) is 15.7. The van der Waals surface area contributed by atoms with Gasteiger partial charge in [-0.1, -0.05) is 48.0 Å². The van der Waals surface area contributed by atoms with Crippen LogP contribution in [0.2, 0.25) is 5.02 Å². The fraction of sp³-hybridized carbons (Fsp3) is 0.400. The number of nitrogens with two attached hydrogens (primary N) is 1. The number of aromatic nitrogens is 2. The van der Waals surface area contributed by atoms with Gasteiger partial charge < -0.3 is 15.4 Å². The number of likely N-dealkylation sites (tertiary alicyclic amines) is 1. The molecule has 8 heteroatoms. The summed E-state index contributed by atoms with van der Waals surface area (Å²) in [4.78, 5) is 25.1. The first-order chi connectivity index (χ1) is 20.7. The molecule has 2 heterocycles. The molecule has 7 nitrogen and oxygen atoms in total. The molecular formula is C35H41ClN4O3. The van der Waals surface area contributed by atoms with E-state index < -0.39 is 11.7 Å². The summed E-state index contributed by atoms with van der Waals surface area (Å²) >= 11 is 6.27. The van der Waals surface area contributed by atoms with Crippen LogP contribution in [0, 0.1) is 6.92 Å². The average molecular weight is 601 g/mol. The van der Waals surface area contributed by atoms with Crippen molar-refractivity contribution in [1.29, 1.82) is 0 Å². The average Bonchev–Trinajstić information content (AvgIpc) is 3.54. The molecule has 0 radical (unpaired) electrons. The van der Waals surface area contributed by atoms with Crippen LogP contribution in [0.15, 0.2) is 60.7 Å². The van der Waals surface area contributed by atoms with E-state index in [1.54, 1.807) is 12.1 Å². The maximum absolute atomic E-state index is 11.6. The molecule has 1 amide bonds. The zero-order valence-corrected chi connectivity index (χ0v) is 26.1. The molecule has 1 aliphatic carbocycles. The van der Waals surface area contributed by atoms with Crippen molar-refractivity contribution >= 4 is 34.2 Å². The van der Waals surface area contributed by atoms with Crippen LogP contribution in [-0.2, 0) is 11.2 Å². The third-order valence-electron chi connectivity index (χ3n) is 8.04. The van der Waals surface area contributed by atoms with E-state index >= 15 is 0 Å². The molecule has 6 rings (SSSR count). The Balaban J connectivity index is 0.000000176. The van der Waals surface area contributed by atoms with Crippen molar-refractivity contribution in [2.45, 2.75) is 71.4 Å². The number of benzene rings is 3. The Kier molecular flexibility index (Phi) is 9.83. The zero-order chi connectivity index (χ0) is 30.5. The lowest BCUT2D eigenvalue weighted by molar-refractivity contribution is -0.114. The molecule has 3 aromatic carbocycles. The fourth-order valence-electron chi connectivity index (χ4n) is 5.50. The third kappa shape index (κ3) is 7.84. The van der Waals surface area contributed by atoms with Gasteiger partial charge in [0.15, 0.2) is 0 Å². The number of amides is 1. The van der Waals surface area contributed by atoms with Crippen LogP contribution < -0.4 is 10.5 Å². The first-order valence-electron chi connectivity index (χ1n) is 15.3.